The van der Waals surface area contributed by atoms with Gasteiger partial charge in [-0.15, -0.1) is 0 Å². The smallest absolute Gasteiger partial charge is 0.312 e. The van der Waals surface area contributed by atoms with Gasteiger partial charge in [0.2, 0.25) is 5.91 Å². The van der Waals surface area contributed by atoms with E-state index in [9.17, 15) is 22.4 Å². The van der Waals surface area contributed by atoms with Gasteiger partial charge in [-0.25, -0.2) is 14.4 Å². The Labute approximate surface area is 167 Å². The van der Waals surface area contributed by atoms with Crippen LogP contribution in [0.25, 0.3) is 22.3 Å². The minimum Gasteiger partial charge on any atom is -0.312 e. The fourth-order valence-corrected chi connectivity index (χ4v) is 4.15. The number of nitrogens with zero attached hydrogens (tertiary/aromatic N) is 4. The van der Waals surface area contributed by atoms with E-state index in [2.05, 4.69) is 25.7 Å². The van der Waals surface area contributed by atoms with Crippen molar-refractivity contribution in [3.8, 4) is 11.4 Å². The summed E-state index contributed by atoms with van der Waals surface area (Å²) >= 11 is 0. The standard InChI is InChI=1S/C19H16F4N6O/c20-11-6-24-7-13(11)29-12-4-2-1-3-9(12)16(28-29)17-15-10(19(21,22)23)5-14(30)27-18(15)26-8-25-17/h1-4,8,10-11,13,24H,5-7H2,(H,25,26,27,30)/t10-,11+,13+/m1/s1. The predicted molar refractivity (Wildman–Crippen MR) is 99.6 cm³/mol. The number of para-hydroxylation sites is 1. The second-order valence-electron chi connectivity index (χ2n) is 7.38. The number of carbonyl (C=O) groups excluding carboxylic acids is 1. The van der Waals surface area contributed by atoms with Crippen molar-refractivity contribution in [2.75, 3.05) is 18.4 Å². The molecule has 30 heavy (non-hydrogen) atoms. The summed E-state index contributed by atoms with van der Waals surface area (Å²) in [6.45, 7) is 0.536. The molecular formula is C19H16F4N6O. The van der Waals surface area contributed by atoms with E-state index in [-0.39, 0.29) is 29.3 Å². The molecule has 1 amide bonds. The highest BCUT2D eigenvalue weighted by Gasteiger charge is 2.48. The molecule has 2 aliphatic heterocycles. The molecule has 0 aliphatic carbocycles. The Balaban J connectivity index is 1.75. The van der Waals surface area contributed by atoms with E-state index in [0.717, 1.165) is 6.33 Å². The van der Waals surface area contributed by atoms with Gasteiger partial charge in [0, 0.05) is 30.5 Å². The Kier molecular flexibility index (Phi) is 4.24. The van der Waals surface area contributed by atoms with Gasteiger partial charge in [0.25, 0.3) is 0 Å². The fraction of sp³-hybridized carbons (Fsp3) is 0.368. The van der Waals surface area contributed by atoms with Gasteiger partial charge in [0.05, 0.1) is 17.5 Å². The van der Waals surface area contributed by atoms with Crippen molar-refractivity contribution in [3.05, 3.63) is 36.2 Å². The molecule has 5 rings (SSSR count). The number of amides is 1. The first-order chi connectivity index (χ1) is 14.3. The Morgan fingerprint density at radius 1 is 1.10 bits per heavy atom. The van der Waals surface area contributed by atoms with Crippen molar-refractivity contribution in [2.24, 2.45) is 0 Å². The molecule has 3 atom stereocenters. The largest absolute Gasteiger partial charge is 0.396 e. The van der Waals surface area contributed by atoms with E-state index in [1.165, 1.54) is 4.68 Å². The number of fused-ring (bicyclic) bond motifs is 2. The van der Waals surface area contributed by atoms with E-state index in [1.807, 2.05) is 0 Å². The number of halogens is 4. The number of rotatable bonds is 2. The highest BCUT2D eigenvalue weighted by atomic mass is 19.4. The lowest BCUT2D eigenvalue weighted by Gasteiger charge is -2.27. The molecule has 1 fully saturated rings. The highest BCUT2D eigenvalue weighted by Crippen LogP contribution is 2.46. The zero-order valence-corrected chi connectivity index (χ0v) is 15.4. The zero-order chi connectivity index (χ0) is 21.0. The summed E-state index contributed by atoms with van der Waals surface area (Å²) in [7, 11) is 0. The Bertz CT molecular complexity index is 1140. The van der Waals surface area contributed by atoms with E-state index in [1.54, 1.807) is 24.3 Å². The van der Waals surface area contributed by atoms with Crippen LogP contribution in [0.5, 0.6) is 0 Å². The van der Waals surface area contributed by atoms with Crippen molar-refractivity contribution in [1.82, 2.24) is 25.1 Å². The van der Waals surface area contributed by atoms with Crippen molar-refractivity contribution in [3.63, 3.8) is 0 Å². The van der Waals surface area contributed by atoms with Crippen LogP contribution in [-0.2, 0) is 4.79 Å². The van der Waals surface area contributed by atoms with E-state index < -0.39 is 36.6 Å². The third kappa shape index (κ3) is 2.92. The number of hydrogen-bond donors (Lipinski definition) is 2. The summed E-state index contributed by atoms with van der Waals surface area (Å²) < 4.78 is 57.3. The minimum atomic E-state index is -4.66. The van der Waals surface area contributed by atoms with Gasteiger partial charge in [0.1, 0.15) is 29.7 Å². The maximum atomic E-state index is 14.4. The van der Waals surface area contributed by atoms with Gasteiger partial charge in [-0.2, -0.15) is 18.3 Å². The van der Waals surface area contributed by atoms with Gasteiger partial charge in [-0.3, -0.25) is 9.48 Å². The second kappa shape index (κ2) is 6.73. The molecule has 0 radical (unpaired) electrons. The molecule has 2 aliphatic rings. The average Bonchev–Trinajstić information content (AvgIpc) is 3.29. The van der Waals surface area contributed by atoms with E-state index >= 15 is 0 Å². The topological polar surface area (TPSA) is 84.7 Å². The number of hydrogen-bond acceptors (Lipinski definition) is 5. The van der Waals surface area contributed by atoms with Gasteiger partial charge in [-0.1, -0.05) is 18.2 Å². The van der Waals surface area contributed by atoms with Crippen LogP contribution in [0.4, 0.5) is 23.4 Å². The molecule has 0 bridgehead atoms. The summed E-state index contributed by atoms with van der Waals surface area (Å²) in [5.41, 5.74) is 0.563. The predicted octanol–water partition coefficient (Wildman–Crippen LogP) is 2.96. The quantitative estimate of drug-likeness (QED) is 0.623. The summed E-state index contributed by atoms with van der Waals surface area (Å²) in [6, 6.07) is 6.36. The molecule has 7 nitrogen and oxygen atoms in total. The summed E-state index contributed by atoms with van der Waals surface area (Å²) in [4.78, 5) is 19.8. The molecule has 0 unspecified atom stereocenters. The number of benzene rings is 1. The first-order valence-corrected chi connectivity index (χ1v) is 9.38. The summed E-state index contributed by atoms with van der Waals surface area (Å²) in [5, 5.41) is 10.4. The van der Waals surface area contributed by atoms with Crippen LogP contribution in [-0.4, -0.2) is 51.1 Å². The molecule has 1 aromatic carbocycles. The van der Waals surface area contributed by atoms with Crippen LogP contribution in [0.15, 0.2) is 30.6 Å². The lowest BCUT2D eigenvalue weighted by atomic mass is 9.89. The first-order valence-electron chi connectivity index (χ1n) is 9.38. The first kappa shape index (κ1) is 18.9. The Morgan fingerprint density at radius 2 is 1.90 bits per heavy atom. The molecule has 1 saturated heterocycles. The molecule has 4 heterocycles. The van der Waals surface area contributed by atoms with E-state index in [4.69, 9.17) is 0 Å². The summed E-state index contributed by atoms with van der Waals surface area (Å²) in [6.07, 6.45) is -5.50. The molecule has 0 saturated carbocycles. The van der Waals surface area contributed by atoms with Crippen molar-refractivity contribution >= 4 is 22.6 Å². The lowest BCUT2D eigenvalue weighted by molar-refractivity contribution is -0.156. The average molecular weight is 420 g/mol. The highest BCUT2D eigenvalue weighted by molar-refractivity contribution is 5.98. The van der Waals surface area contributed by atoms with Crippen LogP contribution in [0.1, 0.15) is 23.9 Å². The number of nitrogens with one attached hydrogen (secondary N) is 2. The monoisotopic (exact) mass is 420 g/mol. The minimum absolute atomic E-state index is 0.0151. The third-order valence-corrected chi connectivity index (χ3v) is 5.54. The molecule has 11 heteroatoms. The number of alkyl halides is 4. The maximum absolute atomic E-state index is 14.4. The van der Waals surface area contributed by atoms with Crippen molar-refractivity contribution in [1.29, 1.82) is 0 Å². The van der Waals surface area contributed by atoms with Crippen LogP contribution in [0.2, 0.25) is 0 Å². The van der Waals surface area contributed by atoms with Crippen LogP contribution < -0.4 is 10.6 Å². The van der Waals surface area contributed by atoms with Gasteiger partial charge in [-0.05, 0) is 6.07 Å². The lowest BCUT2D eigenvalue weighted by Crippen LogP contribution is -2.33. The molecule has 0 spiro atoms. The number of aromatic nitrogens is 4. The third-order valence-electron chi connectivity index (χ3n) is 5.54. The molecular weight excluding hydrogens is 404 g/mol. The van der Waals surface area contributed by atoms with Crippen molar-refractivity contribution in [2.45, 2.75) is 30.7 Å². The fourth-order valence-electron chi connectivity index (χ4n) is 4.15. The van der Waals surface area contributed by atoms with Gasteiger partial charge in [0.15, 0.2) is 0 Å². The van der Waals surface area contributed by atoms with Crippen LogP contribution >= 0.6 is 0 Å². The van der Waals surface area contributed by atoms with E-state index in [0.29, 0.717) is 17.4 Å². The van der Waals surface area contributed by atoms with Crippen molar-refractivity contribution < 1.29 is 22.4 Å². The number of carbonyl (C=O) groups is 1. The zero-order valence-electron chi connectivity index (χ0n) is 15.4. The van der Waals surface area contributed by atoms with Crippen LogP contribution in [0, 0.1) is 0 Å². The Hall–Kier alpha value is -3.08. The SMILES string of the molecule is O=C1C[C@@H](C(F)(F)F)c2c(ncnc2-c2nn([C@H]3CNC[C@@H]3F)c3ccccc23)N1. The maximum Gasteiger partial charge on any atom is 0.396 e. The molecule has 2 N–H and O–H groups in total. The second-order valence-corrected chi connectivity index (χ2v) is 7.38. The van der Waals surface area contributed by atoms with Gasteiger partial charge < -0.3 is 10.6 Å². The normalized spacial score (nSPS) is 24.1. The van der Waals surface area contributed by atoms with Gasteiger partial charge >= 0.3 is 6.18 Å². The number of anilines is 1. The molecule has 3 aromatic rings. The molecule has 156 valence electrons. The molecule has 2 aromatic heterocycles. The summed E-state index contributed by atoms with van der Waals surface area (Å²) in [5.74, 6) is -2.99. The van der Waals surface area contributed by atoms with Crippen LogP contribution in [0.3, 0.4) is 0 Å². The Morgan fingerprint density at radius 3 is 2.63 bits per heavy atom.